The highest BCUT2D eigenvalue weighted by atomic mass is 79.9. The Morgan fingerprint density at radius 2 is 2.07 bits per heavy atom. The van der Waals surface area contributed by atoms with Gasteiger partial charge in [-0.15, -0.1) is 0 Å². The smallest absolute Gasteiger partial charge is 0.263 e. The van der Waals surface area contributed by atoms with Crippen molar-refractivity contribution in [1.82, 2.24) is 0 Å². The molecule has 2 rings (SSSR count). The molecule has 0 unspecified atom stereocenters. The second-order valence-corrected chi connectivity index (χ2v) is 4.50. The summed E-state index contributed by atoms with van der Waals surface area (Å²) in [6, 6.07) is 3.58. The number of hydrogen-bond donors (Lipinski definition) is 0. The van der Waals surface area contributed by atoms with Crippen molar-refractivity contribution in [2.75, 3.05) is 7.11 Å². The molecule has 0 spiro atoms. The maximum absolute atomic E-state index is 11.6. The number of hydrogen-bond acceptors (Lipinski definition) is 3. The van der Waals surface area contributed by atoms with E-state index in [9.17, 15) is 4.79 Å². The summed E-state index contributed by atoms with van der Waals surface area (Å²) >= 11 is 6.65. The molecule has 1 heterocycles. The Bertz CT molecular complexity index is 454. The average Bonchev–Trinajstić information content (AvgIpc) is 2.44. The quantitative estimate of drug-likeness (QED) is 0.737. The van der Waals surface area contributed by atoms with Gasteiger partial charge in [0.25, 0.3) is 5.90 Å². The van der Waals surface area contributed by atoms with Crippen LogP contribution in [0, 0.1) is 0 Å². The monoisotopic (exact) mass is 317 g/mol. The van der Waals surface area contributed by atoms with Crippen LogP contribution in [0.15, 0.2) is 26.1 Å². The van der Waals surface area contributed by atoms with Crippen molar-refractivity contribution in [3.8, 4) is 0 Å². The Morgan fingerprint density at radius 1 is 1.36 bits per heavy atom. The standard InChI is InChI=1S/C9H5Br2NO2/c1-14-9-8(13)5-2-4(10)3-6(11)7(5)12-9/h2-3H,1H3. The maximum Gasteiger partial charge on any atom is 0.263 e. The van der Waals surface area contributed by atoms with Crippen LogP contribution >= 0.6 is 31.9 Å². The zero-order valence-electron chi connectivity index (χ0n) is 7.17. The molecule has 14 heavy (non-hydrogen) atoms. The summed E-state index contributed by atoms with van der Waals surface area (Å²) in [6.45, 7) is 0. The van der Waals surface area contributed by atoms with Gasteiger partial charge in [-0.3, -0.25) is 4.79 Å². The highest BCUT2D eigenvalue weighted by Gasteiger charge is 2.27. The number of rotatable bonds is 0. The van der Waals surface area contributed by atoms with Gasteiger partial charge in [0.1, 0.15) is 0 Å². The summed E-state index contributed by atoms with van der Waals surface area (Å²) in [5.41, 5.74) is 1.19. The fourth-order valence-electron chi connectivity index (χ4n) is 1.26. The lowest BCUT2D eigenvalue weighted by molar-refractivity contribution is 0.104. The average molecular weight is 319 g/mol. The largest absolute Gasteiger partial charge is 0.478 e. The summed E-state index contributed by atoms with van der Waals surface area (Å²) in [6.07, 6.45) is 0. The van der Waals surface area contributed by atoms with Crippen LogP contribution in [0.25, 0.3) is 0 Å². The van der Waals surface area contributed by atoms with Gasteiger partial charge in [-0.1, -0.05) is 15.9 Å². The van der Waals surface area contributed by atoms with E-state index in [1.165, 1.54) is 7.11 Å². The molecule has 0 saturated heterocycles. The molecule has 72 valence electrons. The van der Waals surface area contributed by atoms with Crippen molar-refractivity contribution >= 4 is 49.2 Å². The number of fused-ring (bicyclic) bond motifs is 1. The van der Waals surface area contributed by atoms with Crippen molar-refractivity contribution in [1.29, 1.82) is 0 Å². The number of methoxy groups -OCH3 is 1. The van der Waals surface area contributed by atoms with E-state index >= 15 is 0 Å². The molecule has 1 aliphatic heterocycles. The minimum Gasteiger partial charge on any atom is -0.478 e. The van der Waals surface area contributed by atoms with Crippen LogP contribution in [0.1, 0.15) is 10.4 Å². The first-order chi connectivity index (χ1) is 6.63. The number of carbonyl (C=O) groups is 1. The lowest BCUT2D eigenvalue weighted by Crippen LogP contribution is -2.10. The second kappa shape index (κ2) is 3.47. The molecule has 1 aliphatic rings. The van der Waals surface area contributed by atoms with Crippen LogP contribution in [-0.4, -0.2) is 18.8 Å². The molecule has 0 fully saturated rings. The Hall–Kier alpha value is -0.680. The summed E-state index contributed by atoms with van der Waals surface area (Å²) in [4.78, 5) is 15.7. The van der Waals surface area contributed by atoms with Gasteiger partial charge in [-0.05, 0) is 28.1 Å². The zero-order chi connectivity index (χ0) is 10.3. The molecule has 0 atom stereocenters. The number of aliphatic imine (C=N–C) groups is 1. The minimum absolute atomic E-state index is 0.138. The molecule has 0 N–H and O–H groups in total. The number of ether oxygens (including phenoxy) is 1. The number of halogens is 2. The molecular weight excluding hydrogens is 314 g/mol. The predicted octanol–water partition coefficient (Wildman–Crippen LogP) is 3.08. The topological polar surface area (TPSA) is 38.7 Å². The molecule has 0 aromatic heterocycles. The van der Waals surface area contributed by atoms with Gasteiger partial charge in [0.05, 0.1) is 18.4 Å². The lowest BCUT2D eigenvalue weighted by Gasteiger charge is -1.99. The van der Waals surface area contributed by atoms with Crippen molar-refractivity contribution in [3.63, 3.8) is 0 Å². The Labute approximate surface area is 97.4 Å². The number of carbonyl (C=O) groups excluding carboxylic acids is 1. The predicted molar refractivity (Wildman–Crippen MR) is 60.3 cm³/mol. The van der Waals surface area contributed by atoms with Gasteiger partial charge < -0.3 is 4.74 Å². The molecule has 0 aliphatic carbocycles. The van der Waals surface area contributed by atoms with E-state index in [1.807, 2.05) is 6.07 Å². The third-order valence-corrected chi connectivity index (χ3v) is 2.94. The van der Waals surface area contributed by atoms with E-state index in [2.05, 4.69) is 36.9 Å². The molecule has 0 radical (unpaired) electrons. The van der Waals surface area contributed by atoms with Crippen LogP contribution < -0.4 is 0 Å². The van der Waals surface area contributed by atoms with Crippen LogP contribution in [0.3, 0.4) is 0 Å². The SMILES string of the molecule is COC1=Nc2c(Br)cc(Br)cc2C1=O. The van der Waals surface area contributed by atoms with Gasteiger partial charge in [-0.25, -0.2) is 4.99 Å². The summed E-state index contributed by atoms with van der Waals surface area (Å²) in [5.74, 6) is -0.0386. The lowest BCUT2D eigenvalue weighted by atomic mass is 10.1. The summed E-state index contributed by atoms with van der Waals surface area (Å²) in [7, 11) is 1.44. The normalized spacial score (nSPS) is 13.9. The second-order valence-electron chi connectivity index (χ2n) is 2.73. The molecule has 5 heteroatoms. The van der Waals surface area contributed by atoms with E-state index in [-0.39, 0.29) is 11.7 Å². The van der Waals surface area contributed by atoms with Gasteiger partial charge in [0, 0.05) is 8.95 Å². The first-order valence-electron chi connectivity index (χ1n) is 3.80. The molecule has 0 amide bonds. The van der Waals surface area contributed by atoms with Crippen molar-refractivity contribution in [2.24, 2.45) is 4.99 Å². The van der Waals surface area contributed by atoms with Crippen molar-refractivity contribution < 1.29 is 9.53 Å². The van der Waals surface area contributed by atoms with Crippen LogP contribution in [-0.2, 0) is 4.74 Å². The van der Waals surface area contributed by atoms with Crippen molar-refractivity contribution in [3.05, 3.63) is 26.6 Å². The minimum atomic E-state index is -0.176. The van der Waals surface area contributed by atoms with Gasteiger partial charge in [0.15, 0.2) is 0 Å². The third-order valence-electron chi connectivity index (χ3n) is 1.87. The number of nitrogens with zero attached hydrogens (tertiary/aromatic N) is 1. The Morgan fingerprint density at radius 3 is 2.71 bits per heavy atom. The van der Waals surface area contributed by atoms with Crippen LogP contribution in [0.4, 0.5) is 5.69 Å². The fourth-order valence-corrected chi connectivity index (χ4v) is 2.57. The van der Waals surface area contributed by atoms with E-state index in [0.29, 0.717) is 11.3 Å². The Balaban J connectivity index is 2.64. The number of benzene rings is 1. The molecule has 0 saturated carbocycles. The van der Waals surface area contributed by atoms with Crippen molar-refractivity contribution in [2.45, 2.75) is 0 Å². The van der Waals surface area contributed by atoms with Gasteiger partial charge in [0.2, 0.25) is 5.78 Å². The molecule has 3 nitrogen and oxygen atoms in total. The first-order valence-corrected chi connectivity index (χ1v) is 5.38. The maximum atomic E-state index is 11.6. The van der Waals surface area contributed by atoms with E-state index in [0.717, 1.165) is 8.95 Å². The van der Waals surface area contributed by atoms with Crippen LogP contribution in [0.5, 0.6) is 0 Å². The Kier molecular flexibility index (Phi) is 2.45. The third kappa shape index (κ3) is 1.40. The molecule has 1 aromatic carbocycles. The zero-order valence-corrected chi connectivity index (χ0v) is 10.3. The van der Waals surface area contributed by atoms with Gasteiger partial charge >= 0.3 is 0 Å². The van der Waals surface area contributed by atoms with Crippen LogP contribution in [0.2, 0.25) is 0 Å². The first kappa shape index (κ1) is 9.86. The highest BCUT2D eigenvalue weighted by molar-refractivity contribution is 9.11. The number of ketones is 1. The van der Waals surface area contributed by atoms with E-state index < -0.39 is 0 Å². The highest BCUT2D eigenvalue weighted by Crippen LogP contribution is 2.37. The van der Waals surface area contributed by atoms with Gasteiger partial charge in [-0.2, -0.15) is 0 Å². The molecular formula is C9H5Br2NO2. The molecule has 1 aromatic rings. The molecule has 0 bridgehead atoms. The summed E-state index contributed by atoms with van der Waals surface area (Å²) < 4.78 is 6.48. The number of Topliss-reactive ketones (excluding diaryl/α,β-unsaturated/α-hetero) is 1. The van der Waals surface area contributed by atoms with E-state index in [4.69, 9.17) is 4.74 Å². The summed E-state index contributed by atoms with van der Waals surface area (Å²) in [5, 5.41) is 0. The fraction of sp³-hybridized carbons (Fsp3) is 0.111. The van der Waals surface area contributed by atoms with E-state index in [1.54, 1.807) is 6.07 Å².